The Morgan fingerprint density at radius 3 is 2.67 bits per heavy atom. The Hall–Kier alpha value is -1.49. The van der Waals surface area contributed by atoms with E-state index in [4.69, 9.17) is 5.11 Å². The molecule has 18 heavy (non-hydrogen) atoms. The molecule has 0 aromatic heterocycles. The molecule has 0 radical (unpaired) electrons. The lowest BCUT2D eigenvalue weighted by molar-refractivity contribution is -0.148. The molecular weight excluding hydrogens is 250 g/mol. The Labute approximate surface area is 110 Å². The zero-order valence-corrected chi connectivity index (χ0v) is 11.4. The molecule has 0 spiro atoms. The highest BCUT2D eigenvalue weighted by molar-refractivity contribution is 8.00. The van der Waals surface area contributed by atoms with Gasteiger partial charge in [-0.2, -0.15) is 0 Å². The average molecular weight is 265 g/mol. The van der Waals surface area contributed by atoms with Gasteiger partial charge >= 0.3 is 11.9 Å². The molecule has 0 fully saturated rings. The molecular formula is C13H15NO3S. The first kappa shape index (κ1) is 13.0. The van der Waals surface area contributed by atoms with Gasteiger partial charge < -0.3 is 10.0 Å². The van der Waals surface area contributed by atoms with Crippen LogP contribution in [0.15, 0.2) is 17.0 Å². The van der Waals surface area contributed by atoms with Crippen molar-refractivity contribution in [1.82, 2.24) is 0 Å². The van der Waals surface area contributed by atoms with Gasteiger partial charge in [0, 0.05) is 16.7 Å². The van der Waals surface area contributed by atoms with Crippen LogP contribution in [0.2, 0.25) is 0 Å². The normalized spacial score (nSPS) is 18.4. The summed E-state index contributed by atoms with van der Waals surface area (Å²) in [5.74, 6) is -2.26. The first-order chi connectivity index (χ1) is 8.40. The molecule has 0 saturated heterocycles. The Balaban J connectivity index is 2.54. The lowest BCUT2D eigenvalue weighted by Crippen LogP contribution is -2.42. The van der Waals surface area contributed by atoms with Crippen LogP contribution in [0.3, 0.4) is 0 Å². The molecule has 1 amide bonds. The molecule has 5 heteroatoms. The van der Waals surface area contributed by atoms with E-state index in [1.807, 2.05) is 32.9 Å². The third kappa shape index (κ3) is 2.22. The first-order valence-corrected chi connectivity index (χ1v) is 6.61. The summed E-state index contributed by atoms with van der Waals surface area (Å²) in [6.07, 6.45) is 0. The van der Waals surface area contributed by atoms with Gasteiger partial charge in [-0.1, -0.05) is 13.0 Å². The summed E-state index contributed by atoms with van der Waals surface area (Å²) in [6.45, 7) is 6.36. The number of hydrogen-bond donors (Lipinski definition) is 1. The number of hydrogen-bond acceptors (Lipinski definition) is 3. The number of thioether (sulfide) groups is 1. The third-order valence-electron chi connectivity index (χ3n) is 2.88. The number of fused-ring (bicyclic) bond motifs is 1. The lowest BCUT2D eigenvalue weighted by Gasteiger charge is -2.32. The number of carbonyl (C=O) groups excluding carboxylic acids is 1. The number of carboxylic acid groups (broad SMARTS) is 1. The van der Waals surface area contributed by atoms with Gasteiger partial charge in [-0.3, -0.25) is 4.79 Å². The van der Waals surface area contributed by atoms with Crippen molar-refractivity contribution in [3.63, 3.8) is 0 Å². The van der Waals surface area contributed by atoms with E-state index in [0.717, 1.165) is 21.7 Å². The monoisotopic (exact) mass is 265 g/mol. The number of rotatable bonds is 0. The summed E-state index contributed by atoms with van der Waals surface area (Å²) in [5.41, 5.74) is 2.84. The zero-order chi connectivity index (χ0) is 13.4. The van der Waals surface area contributed by atoms with Gasteiger partial charge in [0.05, 0.1) is 5.69 Å². The quantitative estimate of drug-likeness (QED) is 0.731. The highest BCUT2D eigenvalue weighted by Gasteiger charge is 2.31. The van der Waals surface area contributed by atoms with Crippen LogP contribution in [0.4, 0.5) is 5.69 Å². The molecule has 0 saturated carbocycles. The van der Waals surface area contributed by atoms with Gasteiger partial charge in [-0.15, -0.1) is 11.8 Å². The Morgan fingerprint density at radius 1 is 1.39 bits per heavy atom. The van der Waals surface area contributed by atoms with E-state index in [2.05, 4.69) is 0 Å². The van der Waals surface area contributed by atoms with Gasteiger partial charge in [0.2, 0.25) is 0 Å². The molecule has 1 aromatic rings. The van der Waals surface area contributed by atoms with Crippen molar-refractivity contribution >= 4 is 29.3 Å². The molecule has 1 atom stereocenters. The fraction of sp³-hybridized carbons (Fsp3) is 0.385. The van der Waals surface area contributed by atoms with Crippen LogP contribution in [0.5, 0.6) is 0 Å². The van der Waals surface area contributed by atoms with Crippen molar-refractivity contribution in [2.75, 3.05) is 11.4 Å². The maximum Gasteiger partial charge on any atom is 0.394 e. The number of aryl methyl sites for hydroxylation is 2. The van der Waals surface area contributed by atoms with Crippen molar-refractivity contribution in [2.24, 2.45) is 0 Å². The average Bonchev–Trinajstić information content (AvgIpc) is 2.28. The van der Waals surface area contributed by atoms with Crippen LogP contribution < -0.4 is 4.90 Å². The minimum Gasteiger partial charge on any atom is -0.474 e. The largest absolute Gasteiger partial charge is 0.474 e. The fourth-order valence-electron chi connectivity index (χ4n) is 2.19. The smallest absolute Gasteiger partial charge is 0.394 e. The number of amides is 1. The minimum absolute atomic E-state index is 0.196. The molecule has 2 rings (SSSR count). The van der Waals surface area contributed by atoms with Crippen molar-refractivity contribution < 1.29 is 14.7 Å². The number of carboxylic acids is 1. The molecule has 1 aromatic carbocycles. The van der Waals surface area contributed by atoms with E-state index in [-0.39, 0.29) is 5.25 Å². The van der Waals surface area contributed by atoms with Gasteiger partial charge in [-0.05, 0) is 31.0 Å². The van der Waals surface area contributed by atoms with Gasteiger partial charge in [0.15, 0.2) is 0 Å². The molecule has 96 valence electrons. The Morgan fingerprint density at radius 2 is 2.06 bits per heavy atom. The number of anilines is 1. The molecule has 1 heterocycles. The van der Waals surface area contributed by atoms with Crippen molar-refractivity contribution in [1.29, 1.82) is 0 Å². The maximum absolute atomic E-state index is 11.7. The Bertz CT molecular complexity index is 527. The van der Waals surface area contributed by atoms with E-state index < -0.39 is 11.9 Å². The van der Waals surface area contributed by atoms with E-state index in [9.17, 15) is 9.59 Å². The van der Waals surface area contributed by atoms with Crippen molar-refractivity contribution in [3.8, 4) is 0 Å². The van der Waals surface area contributed by atoms with Crippen LogP contribution in [0.1, 0.15) is 18.1 Å². The van der Waals surface area contributed by atoms with Gasteiger partial charge in [-0.25, -0.2) is 4.79 Å². The predicted octanol–water partition coefficient (Wildman–Crippen LogP) is 2.22. The summed E-state index contributed by atoms with van der Waals surface area (Å²) in [5, 5.41) is 9.08. The van der Waals surface area contributed by atoms with Crippen molar-refractivity contribution in [2.45, 2.75) is 30.9 Å². The summed E-state index contributed by atoms with van der Waals surface area (Å²) < 4.78 is 0. The summed E-state index contributed by atoms with van der Waals surface area (Å²) in [4.78, 5) is 25.0. The second-order valence-corrected chi connectivity index (χ2v) is 6.03. The molecule has 4 nitrogen and oxygen atoms in total. The highest BCUT2D eigenvalue weighted by atomic mass is 32.2. The second kappa shape index (κ2) is 4.65. The Kier molecular flexibility index (Phi) is 3.34. The standard InChI is InChI=1S/C13H15NO3S/c1-7-4-8(2)11-10(5-7)14(6-9(3)18-11)12(15)13(16)17/h4-5,9H,6H2,1-3H3,(H,16,17). The van der Waals surface area contributed by atoms with Crippen LogP contribution in [0, 0.1) is 13.8 Å². The molecule has 1 aliphatic heterocycles. The van der Waals surface area contributed by atoms with Crippen LogP contribution in [-0.2, 0) is 9.59 Å². The SMILES string of the molecule is Cc1cc(C)c2c(c1)N(C(=O)C(=O)O)CC(C)S2. The first-order valence-electron chi connectivity index (χ1n) is 5.73. The maximum atomic E-state index is 11.7. The van der Waals surface area contributed by atoms with Gasteiger partial charge in [0.1, 0.15) is 0 Å². The lowest BCUT2D eigenvalue weighted by atomic mass is 10.1. The van der Waals surface area contributed by atoms with E-state index >= 15 is 0 Å². The van der Waals surface area contributed by atoms with E-state index in [1.165, 1.54) is 4.90 Å². The van der Waals surface area contributed by atoms with Crippen LogP contribution in [0.25, 0.3) is 0 Å². The van der Waals surface area contributed by atoms with Crippen LogP contribution in [-0.4, -0.2) is 28.8 Å². The number of nitrogens with zero attached hydrogens (tertiary/aromatic N) is 1. The highest BCUT2D eigenvalue weighted by Crippen LogP contribution is 2.41. The summed E-state index contributed by atoms with van der Waals surface area (Å²) >= 11 is 1.69. The number of aliphatic carboxylic acids is 1. The molecule has 1 N–H and O–H groups in total. The third-order valence-corrected chi connectivity index (χ3v) is 4.20. The number of carbonyl (C=O) groups is 2. The molecule has 0 aliphatic carbocycles. The van der Waals surface area contributed by atoms with Crippen molar-refractivity contribution in [3.05, 3.63) is 23.3 Å². The van der Waals surface area contributed by atoms with E-state index in [1.54, 1.807) is 11.8 Å². The van der Waals surface area contributed by atoms with Gasteiger partial charge in [0.25, 0.3) is 0 Å². The molecule has 1 aliphatic rings. The zero-order valence-electron chi connectivity index (χ0n) is 10.6. The predicted molar refractivity (Wildman–Crippen MR) is 71.2 cm³/mol. The molecule has 0 bridgehead atoms. The number of benzene rings is 1. The minimum atomic E-state index is -1.40. The fourth-order valence-corrected chi connectivity index (χ4v) is 3.35. The second-order valence-electron chi connectivity index (χ2n) is 4.58. The summed E-state index contributed by atoms with van der Waals surface area (Å²) in [7, 11) is 0. The van der Waals surface area contributed by atoms with E-state index in [0.29, 0.717) is 6.54 Å². The molecule has 1 unspecified atom stereocenters. The topological polar surface area (TPSA) is 57.6 Å². The summed E-state index contributed by atoms with van der Waals surface area (Å²) in [6, 6.07) is 3.93. The van der Waals surface area contributed by atoms with Crippen LogP contribution >= 0.6 is 11.8 Å².